The third kappa shape index (κ3) is 4.04. The minimum absolute atomic E-state index is 0.140. The van der Waals surface area contributed by atoms with Crippen LogP contribution < -0.4 is 20.3 Å². The van der Waals surface area contributed by atoms with Gasteiger partial charge in [-0.15, -0.1) is 0 Å². The second-order valence-corrected chi connectivity index (χ2v) is 5.72. The summed E-state index contributed by atoms with van der Waals surface area (Å²) in [5.74, 6) is 1.45. The number of halogens is 1. The SMILES string of the molecule is CCCn1ncc(NCc2ccc(OC)cc2OC)c(Br)c1=O. The summed E-state index contributed by atoms with van der Waals surface area (Å²) >= 11 is 3.35. The molecule has 1 N–H and O–H groups in total. The van der Waals surface area contributed by atoms with E-state index >= 15 is 0 Å². The Morgan fingerprint density at radius 2 is 2.09 bits per heavy atom. The fourth-order valence-electron chi connectivity index (χ4n) is 2.15. The molecule has 0 aliphatic heterocycles. The van der Waals surface area contributed by atoms with Crippen LogP contribution in [0.25, 0.3) is 0 Å². The normalized spacial score (nSPS) is 10.4. The summed E-state index contributed by atoms with van der Waals surface area (Å²) in [6.07, 6.45) is 2.51. The van der Waals surface area contributed by atoms with Crippen LogP contribution in [0.5, 0.6) is 11.5 Å². The van der Waals surface area contributed by atoms with Gasteiger partial charge in [-0.2, -0.15) is 5.10 Å². The molecule has 23 heavy (non-hydrogen) atoms. The molecule has 0 fully saturated rings. The first-order valence-corrected chi connectivity index (χ1v) is 8.10. The first-order chi connectivity index (χ1) is 11.1. The number of aromatic nitrogens is 2. The van der Waals surface area contributed by atoms with Gasteiger partial charge in [0.25, 0.3) is 5.56 Å². The van der Waals surface area contributed by atoms with Gasteiger partial charge in [0.2, 0.25) is 0 Å². The van der Waals surface area contributed by atoms with Gasteiger partial charge < -0.3 is 14.8 Å². The van der Waals surface area contributed by atoms with Crippen LogP contribution in [-0.4, -0.2) is 24.0 Å². The van der Waals surface area contributed by atoms with E-state index in [1.165, 1.54) is 4.68 Å². The van der Waals surface area contributed by atoms with Gasteiger partial charge in [0.15, 0.2) is 0 Å². The Morgan fingerprint density at radius 1 is 1.30 bits per heavy atom. The first kappa shape index (κ1) is 17.3. The van der Waals surface area contributed by atoms with E-state index in [1.807, 2.05) is 25.1 Å². The summed E-state index contributed by atoms with van der Waals surface area (Å²) in [6.45, 7) is 3.11. The molecule has 1 aromatic carbocycles. The lowest BCUT2D eigenvalue weighted by Gasteiger charge is -2.13. The summed E-state index contributed by atoms with van der Waals surface area (Å²) in [5, 5.41) is 7.38. The number of anilines is 1. The van der Waals surface area contributed by atoms with E-state index in [1.54, 1.807) is 20.4 Å². The Balaban J connectivity index is 2.18. The zero-order chi connectivity index (χ0) is 16.8. The van der Waals surface area contributed by atoms with Gasteiger partial charge in [-0.1, -0.05) is 6.92 Å². The summed E-state index contributed by atoms with van der Waals surface area (Å²) in [4.78, 5) is 12.2. The van der Waals surface area contributed by atoms with Gasteiger partial charge in [0, 0.05) is 24.7 Å². The quantitative estimate of drug-likeness (QED) is 0.798. The van der Waals surface area contributed by atoms with Crippen molar-refractivity contribution in [2.75, 3.05) is 19.5 Å². The highest BCUT2D eigenvalue weighted by Crippen LogP contribution is 2.26. The molecule has 0 bridgehead atoms. The molecule has 0 saturated heterocycles. The maximum Gasteiger partial charge on any atom is 0.283 e. The molecule has 0 aliphatic rings. The van der Waals surface area contributed by atoms with Crippen LogP contribution >= 0.6 is 15.9 Å². The number of methoxy groups -OCH3 is 2. The van der Waals surface area contributed by atoms with E-state index in [4.69, 9.17) is 9.47 Å². The third-order valence-electron chi connectivity index (χ3n) is 3.38. The highest BCUT2D eigenvalue weighted by molar-refractivity contribution is 9.10. The van der Waals surface area contributed by atoms with Crippen molar-refractivity contribution in [3.8, 4) is 11.5 Å². The van der Waals surface area contributed by atoms with E-state index in [0.29, 0.717) is 23.2 Å². The van der Waals surface area contributed by atoms with Crippen molar-refractivity contribution < 1.29 is 9.47 Å². The maximum atomic E-state index is 12.2. The maximum absolute atomic E-state index is 12.2. The highest BCUT2D eigenvalue weighted by Gasteiger charge is 2.10. The van der Waals surface area contributed by atoms with Gasteiger partial charge in [-0.05, 0) is 34.5 Å². The number of nitrogens with zero attached hydrogens (tertiary/aromatic N) is 2. The minimum Gasteiger partial charge on any atom is -0.497 e. The number of nitrogens with one attached hydrogen (secondary N) is 1. The predicted molar refractivity (Wildman–Crippen MR) is 93.4 cm³/mol. The van der Waals surface area contributed by atoms with Crippen molar-refractivity contribution in [1.29, 1.82) is 0 Å². The predicted octanol–water partition coefficient (Wildman–Crippen LogP) is 3.05. The number of aryl methyl sites for hydroxylation is 1. The number of ether oxygens (including phenoxy) is 2. The molecule has 6 nitrogen and oxygen atoms in total. The van der Waals surface area contributed by atoms with Crippen LogP contribution in [0.15, 0.2) is 33.7 Å². The second-order valence-electron chi connectivity index (χ2n) is 4.93. The van der Waals surface area contributed by atoms with Crippen LogP contribution in [0.3, 0.4) is 0 Å². The van der Waals surface area contributed by atoms with Gasteiger partial charge in [-0.3, -0.25) is 4.79 Å². The zero-order valence-corrected chi connectivity index (χ0v) is 15.0. The summed E-state index contributed by atoms with van der Waals surface area (Å²) in [7, 11) is 3.22. The Kier molecular flexibility index (Phi) is 6.04. The van der Waals surface area contributed by atoms with Crippen LogP contribution in [0.2, 0.25) is 0 Å². The van der Waals surface area contributed by atoms with Gasteiger partial charge in [0.1, 0.15) is 16.0 Å². The average Bonchev–Trinajstić information content (AvgIpc) is 2.58. The molecule has 2 aromatic rings. The standard InChI is InChI=1S/C16H20BrN3O3/c1-4-7-20-16(21)15(17)13(10-19-20)18-9-11-5-6-12(22-2)8-14(11)23-3/h5-6,8,10,18H,4,7,9H2,1-3H3. The van der Waals surface area contributed by atoms with Crippen LogP contribution in [-0.2, 0) is 13.1 Å². The molecule has 1 heterocycles. The van der Waals surface area contributed by atoms with Crippen molar-refractivity contribution in [2.24, 2.45) is 0 Å². The summed E-state index contributed by atoms with van der Waals surface area (Å²) in [5.41, 5.74) is 1.47. The Bertz CT molecular complexity index is 731. The lowest BCUT2D eigenvalue weighted by molar-refractivity contribution is 0.391. The minimum atomic E-state index is -0.140. The van der Waals surface area contributed by atoms with Crippen molar-refractivity contribution >= 4 is 21.6 Å². The Labute approximate surface area is 143 Å². The molecular weight excluding hydrogens is 362 g/mol. The van der Waals surface area contributed by atoms with E-state index in [-0.39, 0.29) is 5.56 Å². The van der Waals surface area contributed by atoms with Crippen LogP contribution in [0, 0.1) is 0 Å². The molecule has 0 unspecified atom stereocenters. The largest absolute Gasteiger partial charge is 0.497 e. The highest BCUT2D eigenvalue weighted by atomic mass is 79.9. The molecule has 7 heteroatoms. The number of hydrogen-bond acceptors (Lipinski definition) is 5. The first-order valence-electron chi connectivity index (χ1n) is 7.31. The third-order valence-corrected chi connectivity index (χ3v) is 4.15. The molecule has 0 aliphatic carbocycles. The van der Waals surface area contributed by atoms with Crippen molar-refractivity contribution in [3.63, 3.8) is 0 Å². The molecule has 2 rings (SSSR count). The fourth-order valence-corrected chi connectivity index (χ4v) is 2.59. The Morgan fingerprint density at radius 3 is 2.74 bits per heavy atom. The van der Waals surface area contributed by atoms with Crippen molar-refractivity contribution in [1.82, 2.24) is 9.78 Å². The lowest BCUT2D eigenvalue weighted by atomic mass is 10.2. The van der Waals surface area contributed by atoms with E-state index in [2.05, 4.69) is 26.3 Å². The molecular formula is C16H20BrN3O3. The molecule has 0 atom stereocenters. The Hall–Kier alpha value is -2.02. The van der Waals surface area contributed by atoms with Crippen molar-refractivity contribution in [2.45, 2.75) is 26.4 Å². The molecule has 0 saturated carbocycles. The zero-order valence-electron chi connectivity index (χ0n) is 13.4. The smallest absolute Gasteiger partial charge is 0.283 e. The van der Waals surface area contributed by atoms with Crippen LogP contribution in [0.4, 0.5) is 5.69 Å². The van der Waals surface area contributed by atoms with Gasteiger partial charge in [-0.25, -0.2) is 4.68 Å². The van der Waals surface area contributed by atoms with E-state index in [0.717, 1.165) is 23.5 Å². The number of benzene rings is 1. The van der Waals surface area contributed by atoms with Crippen molar-refractivity contribution in [3.05, 3.63) is 44.8 Å². The topological polar surface area (TPSA) is 65.4 Å². The fraction of sp³-hybridized carbons (Fsp3) is 0.375. The number of rotatable bonds is 7. The molecule has 0 radical (unpaired) electrons. The summed E-state index contributed by atoms with van der Waals surface area (Å²) in [6, 6.07) is 5.61. The average molecular weight is 382 g/mol. The van der Waals surface area contributed by atoms with Gasteiger partial charge >= 0.3 is 0 Å². The summed E-state index contributed by atoms with van der Waals surface area (Å²) < 4.78 is 12.5. The molecule has 0 spiro atoms. The second kappa shape index (κ2) is 8.01. The molecule has 0 amide bonds. The monoisotopic (exact) mass is 381 g/mol. The van der Waals surface area contributed by atoms with E-state index < -0.39 is 0 Å². The molecule has 124 valence electrons. The van der Waals surface area contributed by atoms with Crippen LogP contribution in [0.1, 0.15) is 18.9 Å². The van der Waals surface area contributed by atoms with Gasteiger partial charge in [0.05, 0.1) is 26.1 Å². The number of hydrogen-bond donors (Lipinski definition) is 1. The lowest BCUT2D eigenvalue weighted by Crippen LogP contribution is -2.24. The van der Waals surface area contributed by atoms with E-state index in [9.17, 15) is 4.79 Å². The molecule has 1 aromatic heterocycles.